The van der Waals surface area contributed by atoms with Crippen LogP contribution in [0.4, 0.5) is 0 Å². The average Bonchev–Trinajstić information content (AvgIpc) is 2.14. The molecule has 0 nitrogen and oxygen atoms in total. The largest absolute Gasteiger partial charge is 0.103 e. The molecule has 0 saturated carbocycles. The monoisotopic (exact) mass is 182 g/mol. The van der Waals surface area contributed by atoms with Gasteiger partial charge in [-0.1, -0.05) is 64.9 Å². The summed E-state index contributed by atoms with van der Waals surface area (Å²) < 4.78 is 0. The Bertz CT molecular complexity index is 105. The van der Waals surface area contributed by atoms with Gasteiger partial charge in [0, 0.05) is 0 Å². The van der Waals surface area contributed by atoms with Crippen molar-refractivity contribution in [3.63, 3.8) is 0 Å². The predicted octanol–water partition coefficient (Wildman–Crippen LogP) is 4.95. The van der Waals surface area contributed by atoms with Gasteiger partial charge in [-0.3, -0.25) is 0 Å². The molecule has 0 heteroatoms. The summed E-state index contributed by atoms with van der Waals surface area (Å²) in [4.78, 5) is 0. The zero-order valence-electron chi connectivity index (χ0n) is 9.52. The molecule has 0 N–H and O–H groups in total. The number of rotatable bonds is 9. The van der Waals surface area contributed by atoms with Gasteiger partial charge in [-0.2, -0.15) is 0 Å². The molecule has 0 aliphatic rings. The van der Waals surface area contributed by atoms with Crippen molar-refractivity contribution in [1.29, 1.82) is 0 Å². The van der Waals surface area contributed by atoms with Crippen LogP contribution in [0.15, 0.2) is 12.7 Å². The lowest BCUT2D eigenvalue weighted by molar-refractivity contribution is 0.419. The van der Waals surface area contributed by atoms with Gasteiger partial charge in [0.15, 0.2) is 0 Å². The molecule has 0 aliphatic carbocycles. The van der Waals surface area contributed by atoms with E-state index in [0.29, 0.717) is 0 Å². The van der Waals surface area contributed by atoms with Crippen molar-refractivity contribution < 1.29 is 0 Å². The summed E-state index contributed by atoms with van der Waals surface area (Å²) in [5.41, 5.74) is 0. The van der Waals surface area contributed by atoms with E-state index in [1.165, 1.54) is 51.4 Å². The van der Waals surface area contributed by atoms with Gasteiger partial charge in [-0.05, 0) is 12.3 Å². The Labute approximate surface area is 84.4 Å². The van der Waals surface area contributed by atoms with Gasteiger partial charge in [0.05, 0.1) is 0 Å². The maximum absolute atomic E-state index is 3.84. The topological polar surface area (TPSA) is 0 Å². The van der Waals surface area contributed by atoms with E-state index in [9.17, 15) is 0 Å². The number of hydrogen-bond acceptors (Lipinski definition) is 0. The molecule has 0 bridgehead atoms. The van der Waals surface area contributed by atoms with Crippen LogP contribution in [0.2, 0.25) is 0 Å². The molecule has 0 aromatic carbocycles. The summed E-state index contributed by atoms with van der Waals surface area (Å²) >= 11 is 0. The highest BCUT2D eigenvalue weighted by Gasteiger charge is 2.05. The fourth-order valence-corrected chi connectivity index (χ4v) is 1.79. The molecule has 0 rings (SSSR count). The van der Waals surface area contributed by atoms with Crippen LogP contribution >= 0.6 is 0 Å². The van der Waals surface area contributed by atoms with E-state index in [0.717, 1.165) is 5.92 Å². The minimum Gasteiger partial charge on any atom is -0.103 e. The lowest BCUT2D eigenvalue weighted by atomic mass is 9.93. The molecule has 78 valence electrons. The quantitative estimate of drug-likeness (QED) is 0.349. The molecule has 0 spiro atoms. The van der Waals surface area contributed by atoms with E-state index in [4.69, 9.17) is 0 Å². The Morgan fingerprint density at radius 3 is 2.15 bits per heavy atom. The molecule has 0 aromatic heterocycles. The molecule has 0 heterocycles. The van der Waals surface area contributed by atoms with Crippen LogP contribution in [-0.2, 0) is 0 Å². The van der Waals surface area contributed by atoms with Crippen LogP contribution in [0, 0.1) is 5.92 Å². The highest BCUT2D eigenvalue weighted by molar-refractivity contribution is 4.73. The van der Waals surface area contributed by atoms with Gasteiger partial charge in [0.2, 0.25) is 0 Å². The van der Waals surface area contributed by atoms with Crippen molar-refractivity contribution >= 4 is 0 Å². The average molecular weight is 182 g/mol. The highest BCUT2D eigenvalue weighted by atomic mass is 14.1. The van der Waals surface area contributed by atoms with Crippen molar-refractivity contribution in [3.8, 4) is 0 Å². The highest BCUT2D eigenvalue weighted by Crippen LogP contribution is 2.20. The van der Waals surface area contributed by atoms with Crippen LogP contribution in [0.25, 0.3) is 0 Å². The van der Waals surface area contributed by atoms with Crippen LogP contribution < -0.4 is 0 Å². The fourth-order valence-electron chi connectivity index (χ4n) is 1.79. The summed E-state index contributed by atoms with van der Waals surface area (Å²) in [7, 11) is 0. The lowest BCUT2D eigenvalue weighted by Gasteiger charge is -2.13. The lowest BCUT2D eigenvalue weighted by Crippen LogP contribution is -1.99. The fraction of sp³-hybridized carbons (Fsp3) is 0.846. The van der Waals surface area contributed by atoms with Gasteiger partial charge < -0.3 is 0 Å². The molecule has 0 aliphatic heterocycles. The molecule has 0 radical (unpaired) electrons. The van der Waals surface area contributed by atoms with Crippen LogP contribution in [0.1, 0.15) is 65.2 Å². The van der Waals surface area contributed by atoms with Gasteiger partial charge >= 0.3 is 0 Å². The first-order chi connectivity index (χ1) is 6.35. The first-order valence-electron chi connectivity index (χ1n) is 5.96. The second-order valence-electron chi connectivity index (χ2n) is 4.03. The van der Waals surface area contributed by atoms with Crippen LogP contribution in [0.3, 0.4) is 0 Å². The Hall–Kier alpha value is -0.260. The Balaban J connectivity index is 3.47. The van der Waals surface area contributed by atoms with Crippen molar-refractivity contribution in [2.24, 2.45) is 5.92 Å². The number of allylic oxidation sites excluding steroid dienone is 1. The molecule has 1 unspecified atom stereocenters. The summed E-state index contributed by atoms with van der Waals surface area (Å²) in [6, 6.07) is 0. The third-order valence-electron chi connectivity index (χ3n) is 2.68. The first kappa shape index (κ1) is 12.7. The molecule has 1 atom stereocenters. The third-order valence-corrected chi connectivity index (χ3v) is 2.68. The van der Waals surface area contributed by atoms with Crippen molar-refractivity contribution in [2.75, 3.05) is 0 Å². The Morgan fingerprint density at radius 1 is 1.00 bits per heavy atom. The SMILES string of the molecule is C=CCC(CCCC)CCCCC. The van der Waals surface area contributed by atoms with Crippen LogP contribution in [-0.4, -0.2) is 0 Å². The summed E-state index contributed by atoms with van der Waals surface area (Å²) in [5.74, 6) is 0.920. The predicted molar refractivity (Wildman–Crippen MR) is 62.0 cm³/mol. The Kier molecular flexibility index (Phi) is 9.63. The zero-order valence-corrected chi connectivity index (χ0v) is 9.52. The van der Waals surface area contributed by atoms with E-state index in [1.54, 1.807) is 0 Å². The van der Waals surface area contributed by atoms with Crippen molar-refractivity contribution in [3.05, 3.63) is 12.7 Å². The van der Waals surface area contributed by atoms with E-state index >= 15 is 0 Å². The van der Waals surface area contributed by atoms with Crippen molar-refractivity contribution in [1.82, 2.24) is 0 Å². The van der Waals surface area contributed by atoms with Crippen molar-refractivity contribution in [2.45, 2.75) is 65.2 Å². The summed E-state index contributed by atoms with van der Waals surface area (Å²) in [6.45, 7) is 8.38. The molecular weight excluding hydrogens is 156 g/mol. The molecular formula is C13H26. The van der Waals surface area contributed by atoms with Gasteiger partial charge in [-0.25, -0.2) is 0 Å². The van der Waals surface area contributed by atoms with Crippen LogP contribution in [0.5, 0.6) is 0 Å². The molecule has 0 fully saturated rings. The minimum atomic E-state index is 0.920. The number of hydrogen-bond donors (Lipinski definition) is 0. The second kappa shape index (κ2) is 9.83. The van der Waals surface area contributed by atoms with E-state index in [-0.39, 0.29) is 0 Å². The first-order valence-corrected chi connectivity index (χ1v) is 5.96. The zero-order chi connectivity index (χ0) is 9.94. The molecule has 13 heavy (non-hydrogen) atoms. The Morgan fingerprint density at radius 2 is 1.62 bits per heavy atom. The van der Waals surface area contributed by atoms with E-state index in [2.05, 4.69) is 26.5 Å². The van der Waals surface area contributed by atoms with E-state index in [1.807, 2.05) is 0 Å². The summed E-state index contributed by atoms with van der Waals surface area (Å²) in [6.07, 6.45) is 13.0. The maximum atomic E-state index is 3.84. The van der Waals surface area contributed by atoms with Gasteiger partial charge in [-0.15, -0.1) is 6.58 Å². The molecule has 0 aromatic rings. The van der Waals surface area contributed by atoms with Gasteiger partial charge in [0.25, 0.3) is 0 Å². The molecule has 0 saturated heterocycles. The molecule has 0 amide bonds. The standard InChI is InChI=1S/C13H26/c1-4-7-9-12-13(10-6-3)11-8-5-2/h6,13H,3-5,7-12H2,1-2H3. The third kappa shape index (κ3) is 8.08. The van der Waals surface area contributed by atoms with E-state index < -0.39 is 0 Å². The number of unbranched alkanes of at least 4 members (excludes halogenated alkanes) is 3. The summed E-state index contributed by atoms with van der Waals surface area (Å²) in [5, 5.41) is 0. The van der Waals surface area contributed by atoms with Gasteiger partial charge in [0.1, 0.15) is 0 Å². The smallest absolute Gasteiger partial charge is 0.0325 e. The minimum absolute atomic E-state index is 0.920. The second-order valence-corrected chi connectivity index (χ2v) is 4.03. The normalized spacial score (nSPS) is 12.8. The maximum Gasteiger partial charge on any atom is -0.0325 e.